The lowest BCUT2D eigenvalue weighted by molar-refractivity contribution is 0.867. The summed E-state index contributed by atoms with van der Waals surface area (Å²) in [7, 11) is 0. The van der Waals surface area contributed by atoms with Gasteiger partial charge in [0.1, 0.15) is 17.2 Å². The number of hydrogen-bond acceptors (Lipinski definition) is 6. The monoisotopic (exact) mass is 279 g/mol. The summed E-state index contributed by atoms with van der Waals surface area (Å²) in [6.45, 7) is 0. The number of imidazole rings is 3. The Bertz CT molecular complexity index is 779. The SMILES string of the molecule is c1c[nH]c(-c2nnnc(-c3ncc[nH]3)c2-c2ncc[nH]2)n1. The van der Waals surface area contributed by atoms with Crippen molar-refractivity contribution in [3.8, 4) is 34.4 Å². The molecule has 0 spiro atoms. The molecule has 4 rings (SSSR count). The van der Waals surface area contributed by atoms with Gasteiger partial charge in [0.05, 0.1) is 5.56 Å². The summed E-state index contributed by atoms with van der Waals surface area (Å²) in [6.07, 6.45) is 10.1. The lowest BCUT2D eigenvalue weighted by Gasteiger charge is -2.06. The third-order valence-corrected chi connectivity index (χ3v) is 2.94. The number of nitrogens with one attached hydrogen (secondary N) is 3. The van der Waals surface area contributed by atoms with Crippen LogP contribution in [-0.4, -0.2) is 45.3 Å². The molecule has 4 aromatic rings. The molecule has 0 fully saturated rings. The summed E-state index contributed by atoms with van der Waals surface area (Å²) in [5, 5.41) is 12.0. The van der Waals surface area contributed by atoms with Gasteiger partial charge in [-0.05, 0) is 5.21 Å². The summed E-state index contributed by atoms with van der Waals surface area (Å²) in [5.74, 6) is 1.79. The van der Waals surface area contributed by atoms with Crippen molar-refractivity contribution in [1.82, 2.24) is 45.3 Å². The van der Waals surface area contributed by atoms with Crippen LogP contribution in [0.3, 0.4) is 0 Å². The largest absolute Gasteiger partial charge is 0.344 e. The molecule has 0 saturated heterocycles. The molecule has 3 N–H and O–H groups in total. The van der Waals surface area contributed by atoms with Gasteiger partial charge in [-0.1, -0.05) is 0 Å². The lowest BCUT2D eigenvalue weighted by atomic mass is 10.1. The molecule has 0 aliphatic carbocycles. The number of aromatic amines is 3. The van der Waals surface area contributed by atoms with E-state index in [4.69, 9.17) is 0 Å². The number of rotatable bonds is 3. The third-order valence-electron chi connectivity index (χ3n) is 2.94. The molecule has 0 aromatic carbocycles. The number of aromatic nitrogens is 9. The molecule has 0 radical (unpaired) electrons. The first kappa shape index (κ1) is 11.5. The minimum absolute atomic E-state index is 0.552. The van der Waals surface area contributed by atoms with Crippen molar-refractivity contribution in [2.45, 2.75) is 0 Å². The highest BCUT2D eigenvalue weighted by Gasteiger charge is 2.21. The molecule has 0 saturated carbocycles. The standard InChI is InChI=1S/C12H9N9/c1-2-14-10(13-1)7-8(11-15-3-4-16-11)19-21-20-9(7)12-17-5-6-18-12/h1-6H,(H,13,14)(H,15,16)(H,17,18). The third kappa shape index (κ3) is 1.87. The molecule has 0 aliphatic heterocycles. The highest BCUT2D eigenvalue weighted by molar-refractivity contribution is 5.84. The van der Waals surface area contributed by atoms with Crippen LogP contribution >= 0.6 is 0 Å². The first-order valence-corrected chi connectivity index (χ1v) is 6.16. The topological polar surface area (TPSA) is 125 Å². The molecule has 9 heteroatoms. The zero-order chi connectivity index (χ0) is 14.1. The highest BCUT2D eigenvalue weighted by atomic mass is 15.3. The quantitative estimate of drug-likeness (QED) is 0.514. The average molecular weight is 279 g/mol. The van der Waals surface area contributed by atoms with Crippen molar-refractivity contribution in [3.05, 3.63) is 37.2 Å². The van der Waals surface area contributed by atoms with Gasteiger partial charge in [-0.2, -0.15) is 0 Å². The van der Waals surface area contributed by atoms with Gasteiger partial charge in [0.25, 0.3) is 0 Å². The van der Waals surface area contributed by atoms with Crippen LogP contribution in [0.1, 0.15) is 0 Å². The van der Waals surface area contributed by atoms with E-state index in [1.54, 1.807) is 37.2 Å². The van der Waals surface area contributed by atoms with E-state index >= 15 is 0 Å². The molecule has 4 heterocycles. The van der Waals surface area contributed by atoms with Crippen molar-refractivity contribution in [1.29, 1.82) is 0 Å². The Kier molecular flexibility index (Phi) is 2.53. The predicted octanol–water partition coefficient (Wildman–Crippen LogP) is 1.04. The molecule has 0 aliphatic rings. The summed E-state index contributed by atoms with van der Waals surface area (Å²) in [4.78, 5) is 21.8. The minimum atomic E-state index is 0.552. The highest BCUT2D eigenvalue weighted by Crippen LogP contribution is 2.32. The number of H-pyrrole nitrogens is 3. The van der Waals surface area contributed by atoms with Gasteiger partial charge in [0.15, 0.2) is 11.6 Å². The van der Waals surface area contributed by atoms with Gasteiger partial charge < -0.3 is 15.0 Å². The zero-order valence-corrected chi connectivity index (χ0v) is 10.6. The van der Waals surface area contributed by atoms with Crippen LogP contribution in [0.25, 0.3) is 34.4 Å². The van der Waals surface area contributed by atoms with Gasteiger partial charge in [-0.3, -0.25) is 0 Å². The Morgan fingerprint density at radius 3 is 1.52 bits per heavy atom. The first-order chi connectivity index (χ1) is 10.4. The van der Waals surface area contributed by atoms with E-state index in [9.17, 15) is 0 Å². The van der Waals surface area contributed by atoms with E-state index in [1.807, 2.05) is 0 Å². The maximum absolute atomic E-state index is 4.28. The molecule has 21 heavy (non-hydrogen) atoms. The molecule has 102 valence electrons. The summed E-state index contributed by atoms with van der Waals surface area (Å²) in [5.41, 5.74) is 1.78. The Morgan fingerprint density at radius 2 is 1.10 bits per heavy atom. The fourth-order valence-corrected chi connectivity index (χ4v) is 2.07. The Hall–Kier alpha value is -3.36. The van der Waals surface area contributed by atoms with E-state index < -0.39 is 0 Å². The summed E-state index contributed by atoms with van der Waals surface area (Å²) in [6, 6.07) is 0. The van der Waals surface area contributed by atoms with Gasteiger partial charge in [-0.15, -0.1) is 10.2 Å². The molecule has 0 unspecified atom stereocenters. The van der Waals surface area contributed by atoms with Crippen molar-refractivity contribution < 1.29 is 0 Å². The van der Waals surface area contributed by atoms with Gasteiger partial charge >= 0.3 is 0 Å². The molecule has 4 aromatic heterocycles. The summed E-state index contributed by atoms with van der Waals surface area (Å²) < 4.78 is 0. The Morgan fingerprint density at radius 1 is 0.619 bits per heavy atom. The van der Waals surface area contributed by atoms with Crippen molar-refractivity contribution in [2.75, 3.05) is 0 Å². The molecule has 0 amide bonds. The van der Waals surface area contributed by atoms with Crippen LogP contribution in [0, 0.1) is 0 Å². The predicted molar refractivity (Wildman–Crippen MR) is 72.6 cm³/mol. The molecular weight excluding hydrogens is 270 g/mol. The zero-order valence-electron chi connectivity index (χ0n) is 10.6. The average Bonchev–Trinajstić information content (AvgIpc) is 3.28. The van der Waals surface area contributed by atoms with E-state index in [2.05, 4.69) is 45.3 Å². The Labute approximate surface area is 117 Å². The Balaban J connectivity index is 2.03. The maximum atomic E-state index is 4.28. The van der Waals surface area contributed by atoms with E-state index in [-0.39, 0.29) is 0 Å². The fourth-order valence-electron chi connectivity index (χ4n) is 2.07. The second kappa shape index (κ2) is 4.63. The fraction of sp³-hybridized carbons (Fsp3) is 0. The van der Waals surface area contributed by atoms with Crippen LogP contribution in [0.4, 0.5) is 0 Å². The van der Waals surface area contributed by atoms with Crippen LogP contribution in [0.15, 0.2) is 37.2 Å². The first-order valence-electron chi connectivity index (χ1n) is 6.16. The van der Waals surface area contributed by atoms with Gasteiger partial charge in [0.2, 0.25) is 0 Å². The minimum Gasteiger partial charge on any atom is -0.344 e. The molecule has 0 atom stereocenters. The second-order valence-corrected chi connectivity index (χ2v) is 4.18. The summed E-state index contributed by atoms with van der Waals surface area (Å²) >= 11 is 0. The lowest BCUT2D eigenvalue weighted by Crippen LogP contribution is -2.02. The van der Waals surface area contributed by atoms with E-state index in [1.165, 1.54) is 0 Å². The van der Waals surface area contributed by atoms with E-state index in [0.29, 0.717) is 34.4 Å². The van der Waals surface area contributed by atoms with Crippen LogP contribution < -0.4 is 0 Å². The molecular formula is C12H9N9. The molecule has 0 bridgehead atoms. The normalized spacial score (nSPS) is 10.9. The van der Waals surface area contributed by atoms with E-state index in [0.717, 1.165) is 0 Å². The van der Waals surface area contributed by atoms with Crippen molar-refractivity contribution in [2.24, 2.45) is 0 Å². The number of hydrogen-bond donors (Lipinski definition) is 3. The molecule has 9 nitrogen and oxygen atoms in total. The van der Waals surface area contributed by atoms with Crippen molar-refractivity contribution >= 4 is 0 Å². The second-order valence-electron chi connectivity index (χ2n) is 4.18. The van der Waals surface area contributed by atoms with Crippen molar-refractivity contribution in [3.63, 3.8) is 0 Å². The maximum Gasteiger partial charge on any atom is 0.158 e. The smallest absolute Gasteiger partial charge is 0.158 e. The van der Waals surface area contributed by atoms with Crippen LogP contribution in [-0.2, 0) is 0 Å². The number of nitrogens with zero attached hydrogens (tertiary/aromatic N) is 6. The van der Waals surface area contributed by atoms with Gasteiger partial charge in [0, 0.05) is 37.2 Å². The van der Waals surface area contributed by atoms with Crippen LogP contribution in [0.5, 0.6) is 0 Å². The van der Waals surface area contributed by atoms with Crippen LogP contribution in [0.2, 0.25) is 0 Å². The van der Waals surface area contributed by atoms with Gasteiger partial charge in [-0.25, -0.2) is 15.0 Å².